The molecule has 108 valence electrons. The lowest BCUT2D eigenvalue weighted by molar-refractivity contribution is 0.00465. The number of hydrogen-bond donors (Lipinski definition) is 2. The van der Waals surface area contributed by atoms with E-state index in [4.69, 9.17) is 0 Å². The maximum absolute atomic E-state index is 10.5. The second kappa shape index (κ2) is 6.06. The van der Waals surface area contributed by atoms with Crippen molar-refractivity contribution in [3.8, 4) is 0 Å². The molecule has 0 amide bonds. The van der Waals surface area contributed by atoms with Crippen LogP contribution in [0.3, 0.4) is 0 Å². The van der Waals surface area contributed by atoms with E-state index in [1.165, 1.54) is 17.7 Å². The highest BCUT2D eigenvalue weighted by molar-refractivity contribution is 5.24. The zero-order valence-electron chi connectivity index (χ0n) is 12.5. The first kappa shape index (κ1) is 14.5. The van der Waals surface area contributed by atoms with Crippen molar-refractivity contribution in [1.82, 2.24) is 15.1 Å². The molecule has 0 aliphatic heterocycles. The average molecular weight is 265 g/mol. The summed E-state index contributed by atoms with van der Waals surface area (Å²) in [5.74, 6) is 0. The van der Waals surface area contributed by atoms with Crippen LogP contribution < -0.4 is 5.32 Å². The van der Waals surface area contributed by atoms with Gasteiger partial charge in [0.2, 0.25) is 0 Å². The van der Waals surface area contributed by atoms with E-state index in [9.17, 15) is 5.11 Å². The fraction of sp³-hybridized carbons (Fsp3) is 0.800. The van der Waals surface area contributed by atoms with Crippen molar-refractivity contribution in [1.29, 1.82) is 0 Å². The van der Waals surface area contributed by atoms with Crippen LogP contribution in [-0.4, -0.2) is 27.0 Å². The Morgan fingerprint density at radius 1 is 1.26 bits per heavy atom. The molecular weight excluding hydrogens is 238 g/mol. The molecule has 1 fully saturated rings. The lowest BCUT2D eigenvalue weighted by Gasteiger charge is -2.32. The first-order chi connectivity index (χ1) is 9.06. The van der Waals surface area contributed by atoms with Gasteiger partial charge < -0.3 is 10.4 Å². The Kier molecular flexibility index (Phi) is 4.63. The fourth-order valence-electron chi connectivity index (χ4n) is 3.10. The summed E-state index contributed by atoms with van der Waals surface area (Å²) < 4.78 is 2.04. The van der Waals surface area contributed by atoms with Gasteiger partial charge in [-0.3, -0.25) is 4.68 Å². The minimum absolute atomic E-state index is 0.485. The van der Waals surface area contributed by atoms with Crippen LogP contribution in [0, 0.1) is 13.8 Å². The third-order valence-electron chi connectivity index (χ3n) is 4.37. The van der Waals surface area contributed by atoms with E-state index >= 15 is 0 Å². The first-order valence-corrected chi connectivity index (χ1v) is 7.52. The zero-order valence-corrected chi connectivity index (χ0v) is 12.5. The Hall–Kier alpha value is -0.870. The highest BCUT2D eigenvalue weighted by Crippen LogP contribution is 2.27. The summed E-state index contributed by atoms with van der Waals surface area (Å²) >= 11 is 0. The molecule has 0 bridgehead atoms. The number of nitrogens with one attached hydrogen (secondary N) is 1. The Labute approximate surface area is 116 Å². The molecule has 19 heavy (non-hydrogen) atoms. The quantitative estimate of drug-likeness (QED) is 0.859. The van der Waals surface area contributed by atoms with Gasteiger partial charge in [-0.1, -0.05) is 19.3 Å². The highest BCUT2D eigenvalue weighted by atomic mass is 16.3. The Morgan fingerprint density at radius 2 is 1.95 bits per heavy atom. The predicted octanol–water partition coefficient (Wildman–Crippen LogP) is 2.30. The van der Waals surface area contributed by atoms with Gasteiger partial charge in [-0.05, 0) is 33.6 Å². The molecule has 1 aliphatic carbocycles. The molecule has 4 nitrogen and oxygen atoms in total. The molecule has 1 aromatic rings. The van der Waals surface area contributed by atoms with Crippen molar-refractivity contribution in [2.75, 3.05) is 6.54 Å². The van der Waals surface area contributed by atoms with Crippen molar-refractivity contribution >= 4 is 0 Å². The Morgan fingerprint density at radius 3 is 2.53 bits per heavy atom. The second-order valence-electron chi connectivity index (χ2n) is 5.85. The Balaban J connectivity index is 1.90. The molecule has 1 aliphatic rings. The Bertz CT molecular complexity index is 419. The van der Waals surface area contributed by atoms with Crippen LogP contribution in [0.4, 0.5) is 0 Å². The monoisotopic (exact) mass is 265 g/mol. The molecule has 2 N–H and O–H groups in total. The molecule has 0 atom stereocenters. The third kappa shape index (κ3) is 3.37. The molecule has 4 heteroatoms. The van der Waals surface area contributed by atoms with Gasteiger partial charge >= 0.3 is 0 Å². The SMILES string of the molecule is CCn1nc(C)c(CNCC2(O)CCCCC2)c1C. The van der Waals surface area contributed by atoms with Crippen LogP contribution in [0.1, 0.15) is 56.0 Å². The van der Waals surface area contributed by atoms with Gasteiger partial charge in [-0.25, -0.2) is 0 Å². The topological polar surface area (TPSA) is 50.1 Å². The van der Waals surface area contributed by atoms with E-state index in [1.807, 2.05) is 4.68 Å². The summed E-state index contributed by atoms with van der Waals surface area (Å²) in [6, 6.07) is 0. The van der Waals surface area contributed by atoms with Crippen LogP contribution in [0.15, 0.2) is 0 Å². The van der Waals surface area contributed by atoms with Crippen molar-refractivity contribution in [3.05, 3.63) is 17.0 Å². The molecule has 0 spiro atoms. The van der Waals surface area contributed by atoms with Crippen LogP contribution in [-0.2, 0) is 13.1 Å². The maximum Gasteiger partial charge on any atom is 0.0771 e. The van der Waals surface area contributed by atoms with Crippen LogP contribution in [0.2, 0.25) is 0 Å². The van der Waals surface area contributed by atoms with Crippen LogP contribution in [0.25, 0.3) is 0 Å². The van der Waals surface area contributed by atoms with E-state index < -0.39 is 5.60 Å². The van der Waals surface area contributed by atoms with Crippen molar-refractivity contribution in [2.24, 2.45) is 0 Å². The van der Waals surface area contributed by atoms with Gasteiger partial charge in [0.05, 0.1) is 11.3 Å². The molecule has 0 saturated heterocycles. The lowest BCUT2D eigenvalue weighted by Crippen LogP contribution is -2.42. The summed E-state index contributed by atoms with van der Waals surface area (Å²) in [5, 5.41) is 18.4. The molecule has 1 aromatic heterocycles. The summed E-state index contributed by atoms with van der Waals surface area (Å²) in [7, 11) is 0. The third-order valence-corrected chi connectivity index (χ3v) is 4.37. The molecule has 0 radical (unpaired) electrons. The summed E-state index contributed by atoms with van der Waals surface area (Å²) in [6.07, 6.45) is 5.45. The standard InChI is InChI=1S/C15H27N3O/c1-4-18-13(3)14(12(2)17-18)10-16-11-15(19)8-6-5-7-9-15/h16,19H,4-11H2,1-3H3. The number of nitrogens with zero attached hydrogens (tertiary/aromatic N) is 2. The van der Waals surface area contributed by atoms with Gasteiger partial charge in [0, 0.05) is 30.9 Å². The minimum atomic E-state index is -0.485. The molecule has 0 unspecified atom stereocenters. The first-order valence-electron chi connectivity index (χ1n) is 7.52. The minimum Gasteiger partial charge on any atom is -0.389 e. The van der Waals surface area contributed by atoms with E-state index in [-0.39, 0.29) is 0 Å². The largest absolute Gasteiger partial charge is 0.389 e. The summed E-state index contributed by atoms with van der Waals surface area (Å²) in [6.45, 7) is 8.71. The zero-order chi connectivity index (χ0) is 13.9. The van der Waals surface area contributed by atoms with Crippen molar-refractivity contribution < 1.29 is 5.11 Å². The van der Waals surface area contributed by atoms with E-state index in [0.29, 0.717) is 6.54 Å². The lowest BCUT2D eigenvalue weighted by atomic mass is 9.85. The molecule has 1 heterocycles. The van der Waals surface area contributed by atoms with Gasteiger partial charge in [-0.15, -0.1) is 0 Å². The van der Waals surface area contributed by atoms with E-state index in [2.05, 4.69) is 31.2 Å². The predicted molar refractivity (Wildman–Crippen MR) is 77.1 cm³/mol. The average Bonchev–Trinajstić information content (AvgIpc) is 2.66. The van der Waals surface area contributed by atoms with Crippen molar-refractivity contribution in [2.45, 2.75) is 71.6 Å². The molecule has 2 rings (SSSR count). The fourth-order valence-corrected chi connectivity index (χ4v) is 3.10. The van der Waals surface area contributed by atoms with Gasteiger partial charge in [-0.2, -0.15) is 5.10 Å². The second-order valence-corrected chi connectivity index (χ2v) is 5.85. The smallest absolute Gasteiger partial charge is 0.0771 e. The number of rotatable bonds is 5. The van der Waals surface area contributed by atoms with Gasteiger partial charge in [0.1, 0.15) is 0 Å². The number of hydrogen-bond acceptors (Lipinski definition) is 3. The van der Waals surface area contributed by atoms with E-state index in [1.54, 1.807) is 0 Å². The van der Waals surface area contributed by atoms with Crippen molar-refractivity contribution in [3.63, 3.8) is 0 Å². The highest BCUT2D eigenvalue weighted by Gasteiger charge is 2.28. The maximum atomic E-state index is 10.5. The molecular formula is C15H27N3O. The summed E-state index contributed by atoms with van der Waals surface area (Å²) in [5.41, 5.74) is 3.13. The number of aryl methyl sites for hydroxylation is 2. The van der Waals surface area contributed by atoms with Gasteiger partial charge in [0.15, 0.2) is 0 Å². The molecule has 0 aromatic carbocycles. The van der Waals surface area contributed by atoms with E-state index in [0.717, 1.165) is 44.5 Å². The number of aromatic nitrogens is 2. The molecule has 1 saturated carbocycles. The summed E-state index contributed by atoms with van der Waals surface area (Å²) in [4.78, 5) is 0. The van der Waals surface area contributed by atoms with Crippen LogP contribution in [0.5, 0.6) is 0 Å². The normalized spacial score (nSPS) is 18.7. The van der Waals surface area contributed by atoms with Crippen LogP contribution >= 0.6 is 0 Å². The number of aliphatic hydroxyl groups is 1. The van der Waals surface area contributed by atoms with Gasteiger partial charge in [0.25, 0.3) is 0 Å².